The summed E-state index contributed by atoms with van der Waals surface area (Å²) in [6.45, 7) is 1.92. The van der Waals surface area contributed by atoms with Crippen LogP contribution < -0.4 is 5.73 Å². The van der Waals surface area contributed by atoms with Crippen molar-refractivity contribution >= 4 is 17.7 Å². The van der Waals surface area contributed by atoms with E-state index in [2.05, 4.69) is 0 Å². The number of carbonyl (C=O) groups excluding carboxylic acids is 1. The molecule has 0 aromatic heterocycles. The van der Waals surface area contributed by atoms with Gasteiger partial charge in [0, 0.05) is 5.02 Å². The van der Waals surface area contributed by atoms with E-state index in [0.717, 1.165) is 24.8 Å². The summed E-state index contributed by atoms with van der Waals surface area (Å²) in [6, 6.07) is 7.45. The Morgan fingerprint density at radius 1 is 1.52 bits per heavy atom. The minimum absolute atomic E-state index is 0.446. The molecule has 1 aromatic rings. The molecule has 0 bridgehead atoms. The lowest BCUT2D eigenvalue weighted by molar-refractivity contribution is -0.0477. The van der Waals surface area contributed by atoms with Crippen molar-refractivity contribution in [3.63, 3.8) is 0 Å². The largest absolute Gasteiger partial charge is 0.445 e. The van der Waals surface area contributed by atoms with Gasteiger partial charge in [-0.05, 0) is 37.3 Å². The van der Waals surface area contributed by atoms with Gasteiger partial charge in [-0.15, -0.1) is 0 Å². The van der Waals surface area contributed by atoms with Gasteiger partial charge < -0.3 is 15.6 Å². The van der Waals surface area contributed by atoms with Crippen molar-refractivity contribution in [2.24, 2.45) is 5.73 Å². The van der Waals surface area contributed by atoms with Gasteiger partial charge in [-0.25, -0.2) is 4.79 Å². The Balaban J connectivity index is 2.53. The summed E-state index contributed by atoms with van der Waals surface area (Å²) in [5.74, 6) is 0. The van der Waals surface area contributed by atoms with Crippen LogP contribution in [0.1, 0.15) is 44.6 Å². The van der Waals surface area contributed by atoms with Gasteiger partial charge in [0.2, 0.25) is 0 Å². The minimum Gasteiger partial charge on any atom is -0.445 e. The normalized spacial score (nSPS) is 27.1. The summed E-state index contributed by atoms with van der Waals surface area (Å²) in [6.07, 6.45) is 1.99. The molecular formula is C16H22ClNO3. The molecule has 1 saturated carbocycles. The van der Waals surface area contributed by atoms with Crippen LogP contribution in [0.15, 0.2) is 24.3 Å². The lowest BCUT2D eigenvalue weighted by atomic mass is 9.63. The number of ether oxygens (including phenoxy) is 1. The fraction of sp³-hybridized carbons (Fsp3) is 0.562. The molecule has 0 aliphatic heterocycles. The Morgan fingerprint density at radius 2 is 2.24 bits per heavy atom. The number of hydrogen-bond donors (Lipinski definition) is 2. The van der Waals surface area contributed by atoms with Crippen molar-refractivity contribution in [3.05, 3.63) is 34.9 Å². The van der Waals surface area contributed by atoms with Crippen molar-refractivity contribution in [1.82, 2.24) is 0 Å². The van der Waals surface area contributed by atoms with Gasteiger partial charge >= 0.3 is 6.09 Å². The SMILES string of the molecule is CCC(O)[C@]1(c2ccccc2Cl)CCCC[C@@H]1OC(N)=O. The van der Waals surface area contributed by atoms with Crippen LogP contribution in [0.2, 0.25) is 5.02 Å². The maximum Gasteiger partial charge on any atom is 0.404 e. The number of halogens is 1. The van der Waals surface area contributed by atoms with Gasteiger partial charge in [0.1, 0.15) is 6.10 Å². The highest BCUT2D eigenvalue weighted by Crippen LogP contribution is 2.47. The number of nitrogens with two attached hydrogens (primary N) is 1. The number of benzene rings is 1. The Kier molecular flexibility index (Phi) is 5.12. The molecule has 0 saturated heterocycles. The van der Waals surface area contributed by atoms with Crippen LogP contribution >= 0.6 is 11.6 Å². The zero-order chi connectivity index (χ0) is 15.5. The summed E-state index contributed by atoms with van der Waals surface area (Å²) >= 11 is 6.37. The Morgan fingerprint density at radius 3 is 2.86 bits per heavy atom. The number of amides is 1. The number of hydrogen-bond acceptors (Lipinski definition) is 3. The van der Waals surface area contributed by atoms with E-state index in [1.165, 1.54) is 0 Å². The molecule has 116 valence electrons. The van der Waals surface area contributed by atoms with Gasteiger partial charge in [0.05, 0.1) is 11.5 Å². The van der Waals surface area contributed by atoms with E-state index < -0.39 is 23.7 Å². The van der Waals surface area contributed by atoms with Crippen molar-refractivity contribution < 1.29 is 14.6 Å². The molecule has 1 unspecified atom stereocenters. The monoisotopic (exact) mass is 311 g/mol. The first-order chi connectivity index (χ1) is 10.0. The van der Waals surface area contributed by atoms with Gasteiger partial charge in [0.25, 0.3) is 0 Å². The minimum atomic E-state index is -0.804. The highest BCUT2D eigenvalue weighted by atomic mass is 35.5. The van der Waals surface area contributed by atoms with Crippen LogP contribution in [0.5, 0.6) is 0 Å². The highest BCUT2D eigenvalue weighted by molar-refractivity contribution is 6.31. The first-order valence-corrected chi connectivity index (χ1v) is 7.79. The van der Waals surface area contributed by atoms with Gasteiger partial charge in [-0.3, -0.25) is 0 Å². The highest BCUT2D eigenvalue weighted by Gasteiger charge is 2.50. The maximum absolute atomic E-state index is 11.3. The zero-order valence-corrected chi connectivity index (χ0v) is 13.0. The molecule has 3 atom stereocenters. The average Bonchev–Trinajstić information content (AvgIpc) is 2.47. The van der Waals surface area contributed by atoms with E-state index in [-0.39, 0.29) is 0 Å². The quantitative estimate of drug-likeness (QED) is 0.895. The second-order valence-corrected chi connectivity index (χ2v) is 6.02. The van der Waals surface area contributed by atoms with E-state index in [0.29, 0.717) is 17.9 Å². The standard InChI is InChI=1S/C16H22ClNO3/c1-2-13(19)16(11-7-3-4-8-12(11)17)10-6-5-9-14(16)21-15(18)20/h3-4,7-8,13-14,19H,2,5-6,9-10H2,1H3,(H2,18,20)/t13?,14-,16+/m0/s1. The lowest BCUT2D eigenvalue weighted by Gasteiger charge is -2.46. The summed E-state index contributed by atoms with van der Waals surface area (Å²) in [5.41, 5.74) is 5.39. The van der Waals surface area contributed by atoms with E-state index in [1.54, 1.807) is 6.07 Å². The molecule has 5 heteroatoms. The molecular weight excluding hydrogens is 290 g/mol. The number of aliphatic hydroxyl groups is 1. The lowest BCUT2D eigenvalue weighted by Crippen LogP contribution is -2.53. The molecule has 1 amide bonds. The van der Waals surface area contributed by atoms with Crippen LogP contribution in [0.3, 0.4) is 0 Å². The van der Waals surface area contributed by atoms with Crippen LogP contribution in [0.4, 0.5) is 4.79 Å². The second-order valence-electron chi connectivity index (χ2n) is 5.62. The number of rotatable bonds is 4. The average molecular weight is 312 g/mol. The maximum atomic E-state index is 11.3. The van der Waals surface area contributed by atoms with Crippen LogP contribution in [0.25, 0.3) is 0 Å². The van der Waals surface area contributed by atoms with Crippen molar-refractivity contribution in [2.45, 2.75) is 56.7 Å². The Bertz CT molecular complexity index is 508. The van der Waals surface area contributed by atoms with Crippen molar-refractivity contribution in [3.8, 4) is 0 Å². The van der Waals surface area contributed by atoms with E-state index in [1.807, 2.05) is 25.1 Å². The summed E-state index contributed by atoms with van der Waals surface area (Å²) < 4.78 is 5.36. The fourth-order valence-electron chi connectivity index (χ4n) is 3.54. The molecule has 1 aliphatic rings. The topological polar surface area (TPSA) is 72.6 Å². The molecule has 0 heterocycles. The summed E-state index contributed by atoms with van der Waals surface area (Å²) in [4.78, 5) is 11.3. The Hall–Kier alpha value is -1.26. The summed E-state index contributed by atoms with van der Waals surface area (Å²) in [7, 11) is 0. The zero-order valence-electron chi connectivity index (χ0n) is 12.2. The molecule has 21 heavy (non-hydrogen) atoms. The molecule has 1 fully saturated rings. The van der Waals surface area contributed by atoms with Gasteiger partial charge in [-0.1, -0.05) is 43.1 Å². The third kappa shape index (κ3) is 3.01. The molecule has 4 nitrogen and oxygen atoms in total. The first kappa shape index (κ1) is 16.1. The van der Waals surface area contributed by atoms with Crippen LogP contribution in [-0.4, -0.2) is 23.4 Å². The third-order valence-corrected chi connectivity index (χ3v) is 4.83. The van der Waals surface area contributed by atoms with Crippen LogP contribution in [0, 0.1) is 0 Å². The second kappa shape index (κ2) is 6.67. The number of primary amides is 1. The molecule has 2 rings (SSSR count). The van der Waals surface area contributed by atoms with E-state index in [4.69, 9.17) is 22.1 Å². The van der Waals surface area contributed by atoms with Crippen molar-refractivity contribution in [1.29, 1.82) is 0 Å². The van der Waals surface area contributed by atoms with Crippen LogP contribution in [-0.2, 0) is 10.2 Å². The van der Waals surface area contributed by atoms with Crippen molar-refractivity contribution in [2.75, 3.05) is 0 Å². The Labute approximate surface area is 130 Å². The first-order valence-electron chi connectivity index (χ1n) is 7.41. The number of aliphatic hydroxyl groups excluding tert-OH is 1. The van der Waals surface area contributed by atoms with E-state index >= 15 is 0 Å². The molecule has 0 spiro atoms. The molecule has 3 N–H and O–H groups in total. The molecule has 1 aliphatic carbocycles. The third-order valence-electron chi connectivity index (χ3n) is 4.50. The smallest absolute Gasteiger partial charge is 0.404 e. The van der Waals surface area contributed by atoms with Gasteiger partial charge in [-0.2, -0.15) is 0 Å². The predicted octanol–water partition coefficient (Wildman–Crippen LogP) is 3.39. The molecule has 0 radical (unpaired) electrons. The summed E-state index contributed by atoms with van der Waals surface area (Å²) in [5, 5.41) is 11.3. The van der Waals surface area contributed by atoms with Gasteiger partial charge in [0.15, 0.2) is 0 Å². The van der Waals surface area contributed by atoms with E-state index in [9.17, 15) is 9.90 Å². The predicted molar refractivity (Wildman–Crippen MR) is 82.4 cm³/mol. The molecule has 1 aromatic carbocycles. The fourth-order valence-corrected chi connectivity index (χ4v) is 3.85. The number of carbonyl (C=O) groups is 1.